The Labute approximate surface area is 150 Å². The van der Waals surface area contributed by atoms with Crippen molar-refractivity contribution in [2.75, 3.05) is 31.2 Å². The molecule has 1 aliphatic rings. The first kappa shape index (κ1) is 16.0. The average molecular weight is 350 g/mol. The van der Waals surface area contributed by atoms with E-state index in [1.807, 2.05) is 25.1 Å². The molecular weight excluding hydrogens is 332 g/mol. The van der Waals surface area contributed by atoms with E-state index < -0.39 is 0 Å². The molecule has 1 aromatic carbocycles. The van der Waals surface area contributed by atoms with Gasteiger partial charge in [-0.3, -0.25) is 0 Å². The number of hydrogen-bond acceptors (Lipinski definition) is 6. The number of aryl methyl sites for hydroxylation is 1. The summed E-state index contributed by atoms with van der Waals surface area (Å²) >= 11 is 1.46. The molecule has 6 heteroatoms. The van der Waals surface area contributed by atoms with Gasteiger partial charge in [-0.15, -0.1) is 11.3 Å². The molecule has 0 aliphatic carbocycles. The van der Waals surface area contributed by atoms with Crippen molar-refractivity contribution in [1.82, 2.24) is 9.97 Å². The van der Waals surface area contributed by atoms with Crippen LogP contribution in [0.4, 0.5) is 5.82 Å². The Kier molecular flexibility index (Phi) is 4.35. The zero-order chi connectivity index (χ0) is 17.2. The maximum Gasteiger partial charge on any atom is 0.141 e. The van der Waals surface area contributed by atoms with E-state index in [1.165, 1.54) is 16.9 Å². The number of morpholine rings is 1. The van der Waals surface area contributed by atoms with Gasteiger partial charge in [0.1, 0.15) is 27.4 Å². The summed E-state index contributed by atoms with van der Waals surface area (Å²) in [7, 11) is 0. The Bertz CT molecular complexity index is 939. The van der Waals surface area contributed by atoms with Crippen molar-refractivity contribution < 1.29 is 4.74 Å². The van der Waals surface area contributed by atoms with Crippen LogP contribution < -0.4 is 4.90 Å². The summed E-state index contributed by atoms with van der Waals surface area (Å²) in [5.74, 6) is 1.74. The standard InChI is InChI=1S/C19H18N4OS/c1-13-15(12-20)25-19-17(13)18(23-7-9-24-10-8-23)21-16(22-19)11-14-5-3-2-4-6-14/h2-6H,7-11H2,1H3. The highest BCUT2D eigenvalue weighted by Gasteiger charge is 2.22. The van der Waals surface area contributed by atoms with E-state index >= 15 is 0 Å². The number of ether oxygens (including phenoxy) is 1. The Balaban J connectivity index is 1.83. The van der Waals surface area contributed by atoms with Crippen molar-refractivity contribution in [3.63, 3.8) is 0 Å². The van der Waals surface area contributed by atoms with E-state index in [9.17, 15) is 5.26 Å². The number of nitrogens with zero attached hydrogens (tertiary/aromatic N) is 4. The molecule has 3 aromatic rings. The zero-order valence-electron chi connectivity index (χ0n) is 14.0. The molecule has 0 N–H and O–H groups in total. The third-order valence-electron chi connectivity index (χ3n) is 4.43. The number of nitriles is 1. The number of hydrogen-bond donors (Lipinski definition) is 0. The molecular formula is C19H18N4OS. The van der Waals surface area contributed by atoms with Gasteiger partial charge in [-0.25, -0.2) is 9.97 Å². The molecule has 0 bridgehead atoms. The Hall–Kier alpha value is -2.49. The Morgan fingerprint density at radius 3 is 2.68 bits per heavy atom. The van der Waals surface area contributed by atoms with Crippen LogP contribution in [0.15, 0.2) is 30.3 Å². The van der Waals surface area contributed by atoms with Gasteiger partial charge in [-0.05, 0) is 18.1 Å². The first-order valence-corrected chi connectivity index (χ1v) is 9.14. The molecule has 0 saturated carbocycles. The Morgan fingerprint density at radius 1 is 1.20 bits per heavy atom. The number of anilines is 1. The summed E-state index contributed by atoms with van der Waals surface area (Å²) < 4.78 is 5.48. The predicted molar refractivity (Wildman–Crippen MR) is 99.1 cm³/mol. The third kappa shape index (κ3) is 3.09. The van der Waals surface area contributed by atoms with Crippen LogP contribution in [-0.2, 0) is 11.2 Å². The highest BCUT2D eigenvalue weighted by Crippen LogP contribution is 2.35. The van der Waals surface area contributed by atoms with Gasteiger partial charge in [0.05, 0.1) is 18.6 Å². The summed E-state index contributed by atoms with van der Waals surface area (Å²) in [6, 6.07) is 12.5. The van der Waals surface area contributed by atoms with Crippen molar-refractivity contribution >= 4 is 27.4 Å². The largest absolute Gasteiger partial charge is 0.378 e. The fraction of sp³-hybridized carbons (Fsp3) is 0.316. The van der Waals surface area contributed by atoms with E-state index in [-0.39, 0.29) is 0 Å². The van der Waals surface area contributed by atoms with Gasteiger partial charge in [0.15, 0.2) is 0 Å². The first-order valence-electron chi connectivity index (χ1n) is 8.33. The van der Waals surface area contributed by atoms with E-state index in [4.69, 9.17) is 14.7 Å². The number of benzene rings is 1. The van der Waals surface area contributed by atoms with Gasteiger partial charge in [-0.2, -0.15) is 5.26 Å². The van der Waals surface area contributed by atoms with Crippen molar-refractivity contribution in [3.8, 4) is 6.07 Å². The molecule has 2 aromatic heterocycles. The lowest BCUT2D eigenvalue weighted by molar-refractivity contribution is 0.122. The molecule has 25 heavy (non-hydrogen) atoms. The lowest BCUT2D eigenvalue weighted by Gasteiger charge is -2.28. The molecule has 1 fully saturated rings. The van der Waals surface area contributed by atoms with Crippen LogP contribution in [0, 0.1) is 18.3 Å². The lowest BCUT2D eigenvalue weighted by atomic mass is 10.1. The molecule has 0 amide bonds. The molecule has 3 heterocycles. The molecule has 0 radical (unpaired) electrons. The quantitative estimate of drug-likeness (QED) is 0.725. The first-order chi connectivity index (χ1) is 12.3. The monoisotopic (exact) mass is 350 g/mol. The molecule has 126 valence electrons. The smallest absolute Gasteiger partial charge is 0.141 e. The van der Waals surface area contributed by atoms with E-state index in [2.05, 4.69) is 23.1 Å². The molecule has 0 atom stereocenters. The average Bonchev–Trinajstić information content (AvgIpc) is 2.98. The van der Waals surface area contributed by atoms with Gasteiger partial charge < -0.3 is 9.64 Å². The zero-order valence-corrected chi connectivity index (χ0v) is 14.8. The fourth-order valence-electron chi connectivity index (χ4n) is 3.13. The highest BCUT2D eigenvalue weighted by atomic mass is 32.1. The lowest BCUT2D eigenvalue weighted by Crippen LogP contribution is -2.37. The molecule has 0 spiro atoms. The summed E-state index contributed by atoms with van der Waals surface area (Å²) in [4.78, 5) is 13.5. The van der Waals surface area contributed by atoms with E-state index in [1.54, 1.807) is 0 Å². The molecule has 1 saturated heterocycles. The van der Waals surface area contributed by atoms with Crippen LogP contribution in [0.5, 0.6) is 0 Å². The number of rotatable bonds is 3. The topological polar surface area (TPSA) is 62.0 Å². The minimum atomic E-state index is 0.687. The number of fused-ring (bicyclic) bond motifs is 1. The Morgan fingerprint density at radius 2 is 1.96 bits per heavy atom. The van der Waals surface area contributed by atoms with Gasteiger partial charge in [0.25, 0.3) is 0 Å². The van der Waals surface area contributed by atoms with E-state index in [0.717, 1.165) is 45.4 Å². The molecule has 4 rings (SSSR count). The summed E-state index contributed by atoms with van der Waals surface area (Å²) in [5.41, 5.74) is 2.17. The third-order valence-corrected chi connectivity index (χ3v) is 5.52. The minimum absolute atomic E-state index is 0.687. The van der Waals surface area contributed by atoms with Crippen LogP contribution >= 0.6 is 11.3 Å². The summed E-state index contributed by atoms with van der Waals surface area (Å²) in [6.07, 6.45) is 0.687. The second-order valence-electron chi connectivity index (χ2n) is 6.07. The number of thiophene rings is 1. The van der Waals surface area contributed by atoms with Crippen molar-refractivity contribution in [1.29, 1.82) is 5.26 Å². The minimum Gasteiger partial charge on any atom is -0.378 e. The maximum absolute atomic E-state index is 9.40. The van der Waals surface area contributed by atoms with Crippen LogP contribution in [0.3, 0.4) is 0 Å². The SMILES string of the molecule is Cc1c(C#N)sc2nc(Cc3ccccc3)nc(N3CCOCC3)c12. The summed E-state index contributed by atoms with van der Waals surface area (Å²) in [6.45, 7) is 5.02. The van der Waals surface area contributed by atoms with Gasteiger partial charge in [-0.1, -0.05) is 30.3 Å². The maximum atomic E-state index is 9.40. The molecule has 1 aliphatic heterocycles. The van der Waals surface area contributed by atoms with Crippen LogP contribution in [0.25, 0.3) is 10.2 Å². The summed E-state index contributed by atoms with van der Waals surface area (Å²) in [5, 5.41) is 10.4. The second kappa shape index (κ2) is 6.79. The second-order valence-corrected chi connectivity index (χ2v) is 7.07. The van der Waals surface area contributed by atoms with Crippen LogP contribution in [0.1, 0.15) is 21.8 Å². The fourth-order valence-corrected chi connectivity index (χ4v) is 4.12. The normalized spacial score (nSPS) is 14.6. The van der Waals surface area contributed by atoms with Gasteiger partial charge >= 0.3 is 0 Å². The van der Waals surface area contributed by atoms with Crippen LogP contribution in [0.2, 0.25) is 0 Å². The van der Waals surface area contributed by atoms with E-state index in [0.29, 0.717) is 19.6 Å². The number of aromatic nitrogens is 2. The van der Waals surface area contributed by atoms with Crippen LogP contribution in [-0.4, -0.2) is 36.3 Å². The van der Waals surface area contributed by atoms with Gasteiger partial charge in [0, 0.05) is 19.5 Å². The predicted octanol–water partition coefficient (Wildman–Crippen LogP) is 3.30. The molecule has 5 nitrogen and oxygen atoms in total. The molecule has 0 unspecified atom stereocenters. The van der Waals surface area contributed by atoms with Crippen molar-refractivity contribution in [3.05, 3.63) is 52.2 Å². The highest BCUT2D eigenvalue weighted by molar-refractivity contribution is 7.19. The van der Waals surface area contributed by atoms with Gasteiger partial charge in [0.2, 0.25) is 0 Å². The van der Waals surface area contributed by atoms with Crippen molar-refractivity contribution in [2.45, 2.75) is 13.3 Å². The van der Waals surface area contributed by atoms with Crippen molar-refractivity contribution in [2.24, 2.45) is 0 Å².